The number of amides is 2. The Kier molecular flexibility index (Phi) is 18.5. The second-order valence-electron chi connectivity index (χ2n) is 9.90. The molecule has 189 valence electrons. The van der Waals surface area contributed by atoms with E-state index in [1.807, 2.05) is 39.3 Å². The van der Waals surface area contributed by atoms with Crippen LogP contribution < -0.4 is 31.4 Å². The van der Waals surface area contributed by atoms with Crippen molar-refractivity contribution in [3.05, 3.63) is 84.9 Å². The summed E-state index contributed by atoms with van der Waals surface area (Å²) >= 11 is -1.43. The SMILES string of the molecule is C[Si](C)(C)C(=O)[NH][In][NH]C(=O)[Si](C)(C)C.[Cl-].[Cl-].[Zr+4].c1ccc2[cH-]ccc2c1.c1ccc2[cH-]ccc2c1. The molecular weight excluding hydrogens is 705 g/mol. The summed E-state index contributed by atoms with van der Waals surface area (Å²) in [6.07, 6.45) is 0. The molecule has 4 aromatic rings. The zero-order valence-corrected chi connectivity index (χ0v) is 31.0. The van der Waals surface area contributed by atoms with E-state index in [4.69, 9.17) is 0 Å². The average molecular weight is 740 g/mol. The maximum absolute atomic E-state index is 11.6. The first-order valence-corrected chi connectivity index (χ1v) is 21.4. The number of rotatable bonds is 4. The Hall–Kier alpha value is -0.633. The minimum absolute atomic E-state index is 0. The Labute approximate surface area is 261 Å². The van der Waals surface area contributed by atoms with Crippen LogP contribution in [0.4, 0.5) is 9.59 Å². The Morgan fingerprint density at radius 1 is 0.639 bits per heavy atom. The fourth-order valence-electron chi connectivity index (χ4n) is 2.74. The van der Waals surface area contributed by atoms with Gasteiger partial charge in [0.1, 0.15) is 0 Å². The van der Waals surface area contributed by atoms with Gasteiger partial charge in [0.15, 0.2) is 0 Å². The van der Waals surface area contributed by atoms with E-state index in [9.17, 15) is 9.59 Å². The van der Waals surface area contributed by atoms with Crippen molar-refractivity contribution >= 4 is 72.2 Å². The number of halogens is 2. The topological polar surface area (TPSA) is 58.2 Å². The van der Waals surface area contributed by atoms with Crippen LogP contribution in [0.5, 0.6) is 0 Å². The molecule has 2 amide bonds. The van der Waals surface area contributed by atoms with Gasteiger partial charge in [0.25, 0.3) is 0 Å². The van der Waals surface area contributed by atoms with E-state index in [1.165, 1.54) is 21.5 Å². The van der Waals surface area contributed by atoms with Crippen molar-refractivity contribution < 1.29 is 60.6 Å². The van der Waals surface area contributed by atoms with Gasteiger partial charge in [-0.25, -0.2) is 0 Å². The summed E-state index contributed by atoms with van der Waals surface area (Å²) in [6, 6.07) is 29.3. The third-order valence-electron chi connectivity index (χ3n) is 4.86. The van der Waals surface area contributed by atoms with Gasteiger partial charge in [0.2, 0.25) is 0 Å². The Morgan fingerprint density at radius 3 is 1.28 bits per heavy atom. The van der Waals surface area contributed by atoms with E-state index in [0.29, 0.717) is 0 Å². The summed E-state index contributed by atoms with van der Waals surface area (Å²) < 4.78 is 5.86. The van der Waals surface area contributed by atoms with Gasteiger partial charge in [0, 0.05) is 0 Å². The monoisotopic (exact) mass is 737 g/mol. The molecule has 0 bridgehead atoms. The Bertz CT molecular complexity index is 1040. The van der Waals surface area contributed by atoms with Crippen molar-refractivity contribution in [2.45, 2.75) is 39.3 Å². The van der Waals surface area contributed by atoms with Crippen LogP contribution >= 0.6 is 0 Å². The van der Waals surface area contributed by atoms with Gasteiger partial charge < -0.3 is 24.8 Å². The van der Waals surface area contributed by atoms with Crippen LogP contribution in [0.3, 0.4) is 0 Å². The van der Waals surface area contributed by atoms with Crippen LogP contribution in [-0.4, -0.2) is 50.7 Å². The molecule has 0 atom stereocenters. The van der Waals surface area contributed by atoms with E-state index >= 15 is 0 Å². The van der Waals surface area contributed by atoms with E-state index in [-0.39, 0.29) is 62.1 Å². The molecule has 0 aliphatic carbocycles. The molecular formula is C26H34Cl2InN2O2Si2Zr. The maximum Gasteiger partial charge on any atom is 4.00 e. The predicted octanol–water partition coefficient (Wildman–Crippen LogP) is 0.903. The number of hydrogen-bond acceptors (Lipinski definition) is 2. The number of carbonyl (C=O) groups is 2. The summed E-state index contributed by atoms with van der Waals surface area (Å²) in [4.78, 5) is 23.1. The number of carbonyl (C=O) groups excluding carboxylic acids is 2. The maximum atomic E-state index is 11.6. The second-order valence-corrected chi connectivity index (χ2v) is 22.3. The average Bonchev–Trinajstić information content (AvgIpc) is 3.42. The number of hydrogen-bond donors (Lipinski definition) is 2. The van der Waals surface area contributed by atoms with Gasteiger partial charge in [-0.3, -0.25) is 0 Å². The smallest absolute Gasteiger partial charge is 1.00 e. The predicted molar refractivity (Wildman–Crippen MR) is 149 cm³/mol. The standard InChI is InChI=1S/2C9H7.2C4H11NOSi.2ClH.In.Zr/c2*1-2-5-9-7-3-6-8(9)4-1;2*1-7(2,3)4(5)6;;;;/h2*1-7H;2*1-3H3,(H2,5,6);2*1H;;/q2*-1;;;;;+2;+4/p-4. The van der Waals surface area contributed by atoms with E-state index in [0.717, 1.165) is 0 Å². The van der Waals surface area contributed by atoms with Crippen molar-refractivity contribution in [1.29, 1.82) is 0 Å². The van der Waals surface area contributed by atoms with E-state index in [1.54, 1.807) is 0 Å². The zero-order valence-electron chi connectivity index (χ0n) is 21.7. The van der Waals surface area contributed by atoms with Crippen LogP contribution in [0.2, 0.25) is 39.3 Å². The van der Waals surface area contributed by atoms with Crippen molar-refractivity contribution in [2.24, 2.45) is 0 Å². The molecule has 0 unspecified atom stereocenters. The molecule has 4 nitrogen and oxygen atoms in total. The van der Waals surface area contributed by atoms with E-state index < -0.39 is 39.6 Å². The first kappa shape index (κ1) is 37.5. The molecule has 0 saturated heterocycles. The molecule has 36 heavy (non-hydrogen) atoms. The van der Waals surface area contributed by atoms with Gasteiger partial charge >= 0.3 is 132 Å². The Balaban J connectivity index is 0. The van der Waals surface area contributed by atoms with Crippen molar-refractivity contribution in [1.82, 2.24) is 6.61 Å². The third-order valence-corrected chi connectivity index (χ3v) is 11.8. The fraction of sp³-hybridized carbons (Fsp3) is 0.231. The van der Waals surface area contributed by atoms with Crippen molar-refractivity contribution in [3.63, 3.8) is 0 Å². The van der Waals surface area contributed by atoms with Crippen molar-refractivity contribution in [2.75, 3.05) is 0 Å². The zero-order chi connectivity index (χ0) is 24.5. The quantitative estimate of drug-likeness (QED) is 0.242. The molecule has 0 heterocycles. The number of benzene rings is 2. The minimum atomic E-state index is -1.72. The van der Waals surface area contributed by atoms with Crippen LogP contribution in [0.1, 0.15) is 0 Å². The van der Waals surface area contributed by atoms with Gasteiger partial charge in [-0.1, -0.05) is 12.1 Å². The summed E-state index contributed by atoms with van der Waals surface area (Å²) in [5, 5.41) is 5.32. The summed E-state index contributed by atoms with van der Waals surface area (Å²) in [5.74, 6) is 0. The summed E-state index contributed by atoms with van der Waals surface area (Å²) in [7, 11) is -3.44. The van der Waals surface area contributed by atoms with Crippen LogP contribution in [-0.2, 0) is 26.2 Å². The third kappa shape index (κ3) is 13.2. The number of fused-ring (bicyclic) bond motifs is 2. The molecule has 2 N–H and O–H groups in total. The first-order valence-electron chi connectivity index (χ1n) is 11.1. The second kappa shape index (κ2) is 17.8. The molecule has 0 saturated carbocycles. The molecule has 0 fully saturated rings. The fourth-order valence-corrected chi connectivity index (χ4v) is 12.9. The molecule has 4 rings (SSSR count). The Morgan fingerprint density at radius 2 is 0.972 bits per heavy atom. The number of nitrogens with one attached hydrogen (secondary N) is 2. The van der Waals surface area contributed by atoms with Crippen LogP contribution in [0, 0.1) is 0 Å². The summed E-state index contributed by atoms with van der Waals surface area (Å²) in [6.45, 7) is 12.0. The van der Waals surface area contributed by atoms with Crippen LogP contribution in [0.25, 0.3) is 21.5 Å². The van der Waals surface area contributed by atoms with Gasteiger partial charge in [-0.2, -0.15) is 35.0 Å². The summed E-state index contributed by atoms with van der Waals surface area (Å²) in [5.41, 5.74) is 0.333. The molecule has 0 aromatic heterocycles. The van der Waals surface area contributed by atoms with E-state index in [2.05, 4.69) is 91.5 Å². The first-order chi connectivity index (χ1) is 15.5. The molecule has 4 aromatic carbocycles. The normalized spacial score (nSPS) is 10.1. The molecule has 10 heteroatoms. The van der Waals surface area contributed by atoms with Gasteiger partial charge in [-0.15, -0.1) is 59.3 Å². The van der Waals surface area contributed by atoms with Gasteiger partial charge in [0.05, 0.1) is 0 Å². The van der Waals surface area contributed by atoms with Crippen molar-refractivity contribution in [3.8, 4) is 0 Å². The molecule has 0 spiro atoms. The van der Waals surface area contributed by atoms with Crippen LogP contribution in [0.15, 0.2) is 84.9 Å². The minimum Gasteiger partial charge on any atom is -1.00 e. The molecule has 0 aliphatic rings. The molecule has 1 radical (unpaired) electrons. The largest absolute Gasteiger partial charge is 4.00 e. The van der Waals surface area contributed by atoms with Gasteiger partial charge in [-0.05, 0) is 0 Å². The molecule has 0 aliphatic heterocycles.